The van der Waals surface area contributed by atoms with Crippen molar-refractivity contribution >= 4 is 34.9 Å². The number of allylic oxidation sites excluding steroid dienone is 1. The summed E-state index contributed by atoms with van der Waals surface area (Å²) >= 11 is 6.08. The predicted octanol–water partition coefficient (Wildman–Crippen LogP) is 7.66. The number of ketones is 1. The van der Waals surface area contributed by atoms with Crippen LogP contribution in [0.4, 0.5) is 5.69 Å². The normalized spacial score (nSPS) is 19.4. The summed E-state index contributed by atoms with van der Waals surface area (Å²) < 4.78 is 6.59. The molecule has 0 spiro atoms. The molecule has 166 valence electrons. The second-order valence-electron chi connectivity index (χ2n) is 9.47. The number of anilines is 1. The lowest BCUT2D eigenvalue weighted by Crippen LogP contribution is -2.32. The SMILES string of the molecule is CC1(C)CC(=O)C(C2OC(c3ccccc3)=Cc3ccccc32)=C(Nc2ccc(Cl)cc2)C1. The summed E-state index contributed by atoms with van der Waals surface area (Å²) in [7, 11) is 0. The Morgan fingerprint density at radius 1 is 0.909 bits per heavy atom. The topological polar surface area (TPSA) is 38.3 Å². The monoisotopic (exact) mass is 455 g/mol. The molecule has 1 unspecified atom stereocenters. The van der Waals surface area contributed by atoms with Gasteiger partial charge in [-0.05, 0) is 47.7 Å². The van der Waals surface area contributed by atoms with E-state index in [1.807, 2.05) is 66.7 Å². The van der Waals surface area contributed by atoms with Crippen LogP contribution < -0.4 is 5.32 Å². The lowest BCUT2D eigenvalue weighted by atomic mass is 9.73. The molecule has 3 aromatic carbocycles. The number of Topliss-reactive ketones (excluding diaryl/α,β-unsaturated/α-hetero) is 1. The highest BCUT2D eigenvalue weighted by Crippen LogP contribution is 2.46. The van der Waals surface area contributed by atoms with Crippen LogP contribution in [-0.4, -0.2) is 5.78 Å². The van der Waals surface area contributed by atoms with Crippen molar-refractivity contribution in [1.82, 2.24) is 0 Å². The van der Waals surface area contributed by atoms with Crippen LogP contribution in [0, 0.1) is 5.41 Å². The summed E-state index contributed by atoms with van der Waals surface area (Å²) in [5.74, 6) is 0.895. The van der Waals surface area contributed by atoms with E-state index in [2.05, 4.69) is 37.4 Å². The molecule has 2 aliphatic rings. The molecule has 3 nitrogen and oxygen atoms in total. The summed E-state index contributed by atoms with van der Waals surface area (Å²) in [6.45, 7) is 4.27. The highest BCUT2D eigenvalue weighted by atomic mass is 35.5. The number of hydrogen-bond donors (Lipinski definition) is 1. The predicted molar refractivity (Wildman–Crippen MR) is 135 cm³/mol. The van der Waals surface area contributed by atoms with Gasteiger partial charge < -0.3 is 10.1 Å². The zero-order valence-corrected chi connectivity index (χ0v) is 19.5. The molecule has 1 aliphatic carbocycles. The van der Waals surface area contributed by atoms with E-state index in [0.29, 0.717) is 17.0 Å². The standard InChI is InChI=1S/C29H26ClNO2/c1-29(2)17-24(31-22-14-12-21(30)13-15-22)27(25(32)18-29)28-23-11-7-6-10-20(23)16-26(33-28)19-8-4-3-5-9-19/h3-16,28,31H,17-18H2,1-2H3. The first-order valence-corrected chi connectivity index (χ1v) is 11.6. The molecule has 4 heteroatoms. The molecule has 3 aromatic rings. The number of hydrogen-bond acceptors (Lipinski definition) is 3. The van der Waals surface area contributed by atoms with Gasteiger partial charge in [0.25, 0.3) is 0 Å². The van der Waals surface area contributed by atoms with E-state index in [-0.39, 0.29) is 11.2 Å². The summed E-state index contributed by atoms with van der Waals surface area (Å²) in [5.41, 5.74) is 5.46. The highest BCUT2D eigenvalue weighted by Gasteiger charge is 2.39. The first-order valence-electron chi connectivity index (χ1n) is 11.2. The van der Waals surface area contributed by atoms with Crippen molar-refractivity contribution in [3.05, 3.63) is 112 Å². The van der Waals surface area contributed by atoms with E-state index in [0.717, 1.165) is 40.3 Å². The molecule has 0 fully saturated rings. The van der Waals surface area contributed by atoms with Gasteiger partial charge in [0.2, 0.25) is 0 Å². The Labute approximate surface area is 199 Å². The van der Waals surface area contributed by atoms with Gasteiger partial charge in [-0.15, -0.1) is 0 Å². The minimum atomic E-state index is -0.472. The lowest BCUT2D eigenvalue weighted by molar-refractivity contribution is -0.119. The van der Waals surface area contributed by atoms with Gasteiger partial charge >= 0.3 is 0 Å². The first kappa shape index (κ1) is 21.5. The van der Waals surface area contributed by atoms with Gasteiger partial charge in [0, 0.05) is 34.0 Å². The van der Waals surface area contributed by atoms with Gasteiger partial charge in [-0.2, -0.15) is 0 Å². The molecule has 33 heavy (non-hydrogen) atoms. The highest BCUT2D eigenvalue weighted by molar-refractivity contribution is 6.30. The van der Waals surface area contributed by atoms with Crippen molar-refractivity contribution < 1.29 is 9.53 Å². The van der Waals surface area contributed by atoms with E-state index in [4.69, 9.17) is 16.3 Å². The quantitative estimate of drug-likeness (QED) is 0.438. The largest absolute Gasteiger partial charge is 0.480 e. The van der Waals surface area contributed by atoms with E-state index >= 15 is 0 Å². The molecular weight excluding hydrogens is 430 g/mol. The van der Waals surface area contributed by atoms with Gasteiger partial charge in [0.15, 0.2) is 11.9 Å². The molecule has 0 saturated heterocycles. The average molecular weight is 456 g/mol. The second-order valence-corrected chi connectivity index (χ2v) is 9.90. The number of carbonyl (C=O) groups excluding carboxylic acids is 1. The van der Waals surface area contributed by atoms with Crippen LogP contribution in [0.5, 0.6) is 0 Å². The molecule has 1 aliphatic heterocycles. The second kappa shape index (κ2) is 8.57. The third-order valence-electron chi connectivity index (χ3n) is 6.19. The number of rotatable bonds is 4. The fourth-order valence-corrected chi connectivity index (χ4v) is 4.80. The molecule has 0 radical (unpaired) electrons. The Morgan fingerprint density at radius 2 is 1.61 bits per heavy atom. The van der Waals surface area contributed by atoms with E-state index < -0.39 is 6.10 Å². The van der Waals surface area contributed by atoms with Crippen molar-refractivity contribution in [3.8, 4) is 0 Å². The molecular formula is C29H26ClNO2. The van der Waals surface area contributed by atoms with Gasteiger partial charge in [-0.1, -0.05) is 80.0 Å². The van der Waals surface area contributed by atoms with Crippen molar-refractivity contribution in [2.24, 2.45) is 5.41 Å². The van der Waals surface area contributed by atoms with Crippen LogP contribution in [0.25, 0.3) is 11.8 Å². The fourth-order valence-electron chi connectivity index (χ4n) is 4.67. The van der Waals surface area contributed by atoms with E-state index in [9.17, 15) is 4.79 Å². The summed E-state index contributed by atoms with van der Waals surface area (Å²) in [4.78, 5) is 13.6. The summed E-state index contributed by atoms with van der Waals surface area (Å²) in [6, 6.07) is 25.8. The van der Waals surface area contributed by atoms with Crippen LogP contribution in [-0.2, 0) is 9.53 Å². The summed E-state index contributed by atoms with van der Waals surface area (Å²) in [5, 5.41) is 4.21. The fraction of sp³-hybridized carbons (Fsp3) is 0.207. The van der Waals surface area contributed by atoms with Crippen LogP contribution in [0.3, 0.4) is 0 Å². The first-order chi connectivity index (χ1) is 15.9. The number of nitrogens with one attached hydrogen (secondary N) is 1. The third kappa shape index (κ3) is 4.46. The lowest BCUT2D eigenvalue weighted by Gasteiger charge is -2.37. The van der Waals surface area contributed by atoms with E-state index in [1.54, 1.807) is 0 Å². The average Bonchev–Trinajstić information content (AvgIpc) is 2.80. The van der Waals surface area contributed by atoms with Gasteiger partial charge in [0.1, 0.15) is 5.76 Å². The zero-order chi connectivity index (χ0) is 23.0. The molecule has 5 rings (SSSR count). The van der Waals surface area contributed by atoms with Gasteiger partial charge in [-0.3, -0.25) is 4.79 Å². The van der Waals surface area contributed by atoms with Gasteiger partial charge in [-0.25, -0.2) is 0 Å². The minimum absolute atomic E-state index is 0.122. The van der Waals surface area contributed by atoms with Crippen LogP contribution >= 0.6 is 11.6 Å². The van der Waals surface area contributed by atoms with Crippen molar-refractivity contribution in [3.63, 3.8) is 0 Å². The Bertz CT molecular complexity index is 1260. The van der Waals surface area contributed by atoms with Crippen molar-refractivity contribution in [1.29, 1.82) is 0 Å². The number of ether oxygens (including phenoxy) is 1. The zero-order valence-electron chi connectivity index (χ0n) is 18.8. The molecule has 1 atom stereocenters. The molecule has 0 saturated carbocycles. The molecule has 0 amide bonds. The molecule has 0 aromatic heterocycles. The number of benzene rings is 3. The maximum absolute atomic E-state index is 13.6. The Hall–Kier alpha value is -3.30. The van der Waals surface area contributed by atoms with Crippen molar-refractivity contribution in [2.75, 3.05) is 5.32 Å². The number of halogens is 1. The van der Waals surface area contributed by atoms with Gasteiger partial charge in [0.05, 0.1) is 5.57 Å². The Morgan fingerprint density at radius 3 is 2.36 bits per heavy atom. The summed E-state index contributed by atoms with van der Waals surface area (Å²) in [6.07, 6.45) is 2.83. The molecule has 0 bridgehead atoms. The van der Waals surface area contributed by atoms with Crippen LogP contribution in [0.15, 0.2) is 90.1 Å². The molecule has 1 heterocycles. The minimum Gasteiger partial charge on any atom is -0.480 e. The number of carbonyl (C=O) groups is 1. The third-order valence-corrected chi connectivity index (χ3v) is 6.44. The van der Waals surface area contributed by atoms with Crippen LogP contribution in [0.1, 0.15) is 49.5 Å². The van der Waals surface area contributed by atoms with Crippen LogP contribution in [0.2, 0.25) is 5.02 Å². The Kier molecular flexibility index (Phi) is 5.59. The van der Waals surface area contributed by atoms with Crippen molar-refractivity contribution in [2.45, 2.75) is 32.8 Å². The molecule has 1 N–H and O–H groups in total. The van der Waals surface area contributed by atoms with E-state index in [1.165, 1.54) is 0 Å². The maximum Gasteiger partial charge on any atom is 0.165 e. The Balaban J connectivity index is 1.63. The smallest absolute Gasteiger partial charge is 0.165 e. The maximum atomic E-state index is 13.6. The number of fused-ring (bicyclic) bond motifs is 1.